The highest BCUT2D eigenvalue weighted by molar-refractivity contribution is 9.10. The summed E-state index contributed by atoms with van der Waals surface area (Å²) < 4.78 is 6.55. The number of ether oxygens (including phenoxy) is 1. The lowest BCUT2D eigenvalue weighted by Crippen LogP contribution is -2.54. The van der Waals surface area contributed by atoms with Gasteiger partial charge in [0.05, 0.1) is 13.2 Å². The number of thiophene rings is 1. The van der Waals surface area contributed by atoms with Crippen molar-refractivity contribution in [3.05, 3.63) is 20.8 Å². The maximum atomic E-state index is 12.2. The van der Waals surface area contributed by atoms with Crippen LogP contribution in [-0.4, -0.2) is 42.6 Å². The fourth-order valence-corrected chi connectivity index (χ4v) is 3.56. The number of nitrogens with one attached hydrogen (secondary N) is 1. The summed E-state index contributed by atoms with van der Waals surface area (Å²) in [5, 5.41) is 5.04. The van der Waals surface area contributed by atoms with Gasteiger partial charge in [-0.1, -0.05) is 0 Å². The molecule has 1 N–H and O–H groups in total. The molecule has 0 spiro atoms. The average molecular weight is 347 g/mol. The van der Waals surface area contributed by atoms with Crippen LogP contribution in [0.5, 0.6) is 0 Å². The van der Waals surface area contributed by atoms with Crippen LogP contribution in [0.4, 0.5) is 0 Å². The first kappa shape index (κ1) is 15.0. The smallest absolute Gasteiger partial charge is 0.239 e. The molecule has 1 unspecified atom stereocenters. The van der Waals surface area contributed by atoms with Crippen LogP contribution in [0.25, 0.3) is 0 Å². The lowest BCUT2D eigenvalue weighted by atomic mass is 10.2. The Morgan fingerprint density at radius 1 is 1.68 bits per heavy atom. The Kier molecular flexibility index (Phi) is 5.38. The fraction of sp³-hybridized carbons (Fsp3) is 0.615. The zero-order valence-corrected chi connectivity index (χ0v) is 13.6. The summed E-state index contributed by atoms with van der Waals surface area (Å²) >= 11 is 5.17. The van der Waals surface area contributed by atoms with E-state index in [4.69, 9.17) is 4.74 Å². The van der Waals surface area contributed by atoms with E-state index in [2.05, 4.69) is 37.6 Å². The molecule has 1 aromatic heterocycles. The lowest BCUT2D eigenvalue weighted by Gasteiger charge is -2.34. The molecule has 106 valence electrons. The highest BCUT2D eigenvalue weighted by Crippen LogP contribution is 2.22. The van der Waals surface area contributed by atoms with Crippen LogP contribution in [0.1, 0.15) is 18.7 Å². The number of carbonyl (C=O) groups excluding carboxylic acids is 1. The average Bonchev–Trinajstić information content (AvgIpc) is 2.74. The highest BCUT2D eigenvalue weighted by Gasteiger charge is 2.29. The van der Waals surface area contributed by atoms with Crippen molar-refractivity contribution in [1.82, 2.24) is 10.2 Å². The second kappa shape index (κ2) is 6.83. The molecular weight excluding hydrogens is 328 g/mol. The minimum absolute atomic E-state index is 0.0605. The molecule has 0 aliphatic carbocycles. The molecule has 1 atom stereocenters. The number of rotatable bonds is 4. The molecule has 0 aromatic carbocycles. The van der Waals surface area contributed by atoms with Gasteiger partial charge in [-0.2, -0.15) is 0 Å². The predicted molar refractivity (Wildman–Crippen MR) is 80.3 cm³/mol. The zero-order valence-electron chi connectivity index (χ0n) is 11.2. The second-order valence-corrected chi connectivity index (χ2v) is 6.87. The first-order valence-corrected chi connectivity index (χ1v) is 8.08. The van der Waals surface area contributed by atoms with E-state index in [0.717, 1.165) is 17.6 Å². The van der Waals surface area contributed by atoms with Crippen LogP contribution in [0, 0.1) is 0 Å². The Balaban J connectivity index is 2.01. The molecule has 2 heterocycles. The summed E-state index contributed by atoms with van der Waals surface area (Å²) in [6.07, 6.45) is 0. The van der Waals surface area contributed by atoms with E-state index >= 15 is 0 Å². The van der Waals surface area contributed by atoms with Gasteiger partial charge in [-0.3, -0.25) is 9.69 Å². The van der Waals surface area contributed by atoms with Gasteiger partial charge in [-0.25, -0.2) is 0 Å². The molecule has 1 saturated heterocycles. The molecular formula is C13H19BrN2O2S. The third kappa shape index (κ3) is 4.27. The number of amides is 1. The first-order valence-electron chi connectivity index (χ1n) is 6.41. The summed E-state index contributed by atoms with van der Waals surface area (Å²) in [6, 6.07) is 2.08. The molecule has 19 heavy (non-hydrogen) atoms. The van der Waals surface area contributed by atoms with Crippen molar-refractivity contribution in [2.24, 2.45) is 0 Å². The molecule has 1 aliphatic rings. The van der Waals surface area contributed by atoms with Crippen LogP contribution in [0.2, 0.25) is 0 Å². The summed E-state index contributed by atoms with van der Waals surface area (Å²) in [7, 11) is 0. The summed E-state index contributed by atoms with van der Waals surface area (Å²) in [6.45, 7) is 6.72. The van der Waals surface area contributed by atoms with Gasteiger partial charge in [0.2, 0.25) is 5.91 Å². The van der Waals surface area contributed by atoms with Gasteiger partial charge in [0, 0.05) is 33.9 Å². The van der Waals surface area contributed by atoms with Crippen molar-refractivity contribution in [1.29, 1.82) is 0 Å². The van der Waals surface area contributed by atoms with Crippen LogP contribution in [0.3, 0.4) is 0 Å². The Morgan fingerprint density at radius 2 is 2.47 bits per heavy atom. The van der Waals surface area contributed by atoms with Crippen molar-refractivity contribution in [3.63, 3.8) is 0 Å². The number of halogens is 1. The molecule has 1 aromatic rings. The minimum atomic E-state index is -0.183. The van der Waals surface area contributed by atoms with E-state index < -0.39 is 0 Å². The molecule has 0 saturated carbocycles. The normalized spacial score (nSPS) is 20.7. The first-order chi connectivity index (χ1) is 9.06. The molecule has 6 heteroatoms. The van der Waals surface area contributed by atoms with Crippen LogP contribution in [-0.2, 0) is 16.1 Å². The number of nitrogens with zero attached hydrogens (tertiary/aromatic N) is 1. The molecule has 4 nitrogen and oxygen atoms in total. The Labute approximate surface area is 126 Å². The Morgan fingerprint density at radius 3 is 3.11 bits per heavy atom. The van der Waals surface area contributed by atoms with E-state index in [-0.39, 0.29) is 18.0 Å². The monoisotopic (exact) mass is 346 g/mol. The number of hydrogen-bond acceptors (Lipinski definition) is 4. The third-order valence-corrected chi connectivity index (χ3v) is 4.64. The van der Waals surface area contributed by atoms with Crippen molar-refractivity contribution in [2.75, 3.05) is 19.8 Å². The van der Waals surface area contributed by atoms with Gasteiger partial charge in [0.15, 0.2) is 0 Å². The van der Waals surface area contributed by atoms with Crippen molar-refractivity contribution in [2.45, 2.75) is 32.5 Å². The van der Waals surface area contributed by atoms with E-state index in [1.807, 2.05) is 13.8 Å². The zero-order chi connectivity index (χ0) is 13.8. The van der Waals surface area contributed by atoms with Crippen LogP contribution >= 0.6 is 27.3 Å². The quantitative estimate of drug-likeness (QED) is 0.908. The molecule has 0 radical (unpaired) electrons. The number of carbonyl (C=O) groups is 1. The second-order valence-electron chi connectivity index (χ2n) is 4.96. The topological polar surface area (TPSA) is 41.6 Å². The Hall–Kier alpha value is -0.430. The van der Waals surface area contributed by atoms with Crippen molar-refractivity contribution < 1.29 is 9.53 Å². The van der Waals surface area contributed by atoms with Gasteiger partial charge in [0.25, 0.3) is 0 Å². The highest BCUT2D eigenvalue weighted by atomic mass is 79.9. The standard InChI is InChI=1S/C13H19BrN2O2S/c1-9(2)15-13(17)12-7-18-4-3-16(12)6-11-5-10(14)8-19-11/h5,8-9,12H,3-4,6-7H2,1-2H3,(H,15,17). The molecule has 1 fully saturated rings. The van der Waals surface area contributed by atoms with E-state index in [0.29, 0.717) is 13.2 Å². The van der Waals surface area contributed by atoms with Crippen molar-refractivity contribution in [3.8, 4) is 0 Å². The lowest BCUT2D eigenvalue weighted by molar-refractivity contribution is -0.133. The number of hydrogen-bond donors (Lipinski definition) is 1. The van der Waals surface area contributed by atoms with Crippen molar-refractivity contribution >= 4 is 33.2 Å². The van der Waals surface area contributed by atoms with E-state index in [1.165, 1.54) is 4.88 Å². The number of morpholine rings is 1. The summed E-state index contributed by atoms with van der Waals surface area (Å²) in [5.41, 5.74) is 0. The molecule has 1 aliphatic heterocycles. The Bertz CT molecular complexity index is 436. The largest absolute Gasteiger partial charge is 0.378 e. The van der Waals surface area contributed by atoms with Crippen LogP contribution < -0.4 is 5.32 Å². The SMILES string of the molecule is CC(C)NC(=O)C1COCCN1Cc1cc(Br)cs1. The molecule has 0 bridgehead atoms. The predicted octanol–water partition coefficient (Wildman–Crippen LogP) is 2.24. The molecule has 2 rings (SSSR count). The van der Waals surface area contributed by atoms with Gasteiger partial charge >= 0.3 is 0 Å². The summed E-state index contributed by atoms with van der Waals surface area (Å²) in [4.78, 5) is 15.6. The maximum absolute atomic E-state index is 12.2. The van der Waals surface area contributed by atoms with E-state index in [9.17, 15) is 4.79 Å². The van der Waals surface area contributed by atoms with Crippen LogP contribution in [0.15, 0.2) is 15.9 Å². The summed E-state index contributed by atoms with van der Waals surface area (Å²) in [5.74, 6) is 0.0605. The molecule has 1 amide bonds. The van der Waals surface area contributed by atoms with Gasteiger partial charge in [-0.05, 0) is 35.8 Å². The fourth-order valence-electron chi connectivity index (χ4n) is 2.09. The minimum Gasteiger partial charge on any atom is -0.378 e. The van der Waals surface area contributed by atoms with E-state index in [1.54, 1.807) is 11.3 Å². The van der Waals surface area contributed by atoms with Gasteiger partial charge in [0.1, 0.15) is 6.04 Å². The van der Waals surface area contributed by atoms with Gasteiger partial charge in [-0.15, -0.1) is 11.3 Å². The third-order valence-electron chi connectivity index (χ3n) is 2.95. The maximum Gasteiger partial charge on any atom is 0.239 e. The van der Waals surface area contributed by atoms with Gasteiger partial charge < -0.3 is 10.1 Å².